The van der Waals surface area contributed by atoms with E-state index in [1.807, 2.05) is 39.0 Å². The van der Waals surface area contributed by atoms with E-state index in [4.69, 9.17) is 9.47 Å². The summed E-state index contributed by atoms with van der Waals surface area (Å²) in [5.41, 5.74) is 3.42. The Labute approximate surface area is 226 Å². The van der Waals surface area contributed by atoms with Crippen molar-refractivity contribution >= 4 is 46.5 Å². The fraction of sp³-hybridized carbons (Fsp3) is 0.357. The maximum absolute atomic E-state index is 12.9. The van der Waals surface area contributed by atoms with Crippen molar-refractivity contribution in [3.63, 3.8) is 0 Å². The first-order chi connectivity index (χ1) is 18.3. The van der Waals surface area contributed by atoms with Crippen molar-refractivity contribution in [1.82, 2.24) is 9.80 Å². The number of hydrogen-bond acceptors (Lipinski definition) is 7. The molecule has 0 aliphatic carbocycles. The molecular formula is C28H31N3O6S. The number of rotatable bonds is 9. The zero-order valence-corrected chi connectivity index (χ0v) is 22.6. The minimum Gasteiger partial charge on any atom is -0.490 e. The summed E-state index contributed by atoms with van der Waals surface area (Å²) >= 11 is 0.805. The highest BCUT2D eigenvalue weighted by atomic mass is 32.2. The Hall–Kier alpha value is -3.79. The summed E-state index contributed by atoms with van der Waals surface area (Å²) in [4.78, 5) is 53.2. The van der Waals surface area contributed by atoms with Gasteiger partial charge < -0.3 is 19.7 Å². The van der Waals surface area contributed by atoms with Gasteiger partial charge in [0.05, 0.1) is 11.5 Å². The van der Waals surface area contributed by atoms with Gasteiger partial charge in [-0.15, -0.1) is 0 Å². The minimum atomic E-state index is -0.492. The van der Waals surface area contributed by atoms with Crippen LogP contribution in [-0.2, 0) is 14.4 Å². The average Bonchev–Trinajstić information content (AvgIpc) is 3.52. The van der Waals surface area contributed by atoms with Gasteiger partial charge in [0, 0.05) is 18.8 Å². The number of aryl methyl sites for hydroxylation is 1. The van der Waals surface area contributed by atoms with Crippen molar-refractivity contribution in [2.45, 2.75) is 33.6 Å². The van der Waals surface area contributed by atoms with E-state index in [0.29, 0.717) is 36.8 Å². The van der Waals surface area contributed by atoms with E-state index in [1.165, 1.54) is 0 Å². The first-order valence-electron chi connectivity index (χ1n) is 12.6. The normalized spacial score (nSPS) is 16.3. The Morgan fingerprint density at radius 2 is 1.82 bits per heavy atom. The number of ether oxygens (including phenoxy) is 2. The van der Waals surface area contributed by atoms with Crippen molar-refractivity contribution < 1.29 is 28.7 Å². The number of amides is 4. The van der Waals surface area contributed by atoms with Crippen molar-refractivity contribution in [3.05, 3.63) is 58.0 Å². The molecule has 1 N–H and O–H groups in total. The van der Waals surface area contributed by atoms with Gasteiger partial charge in [-0.2, -0.15) is 0 Å². The largest absolute Gasteiger partial charge is 0.490 e. The molecule has 0 radical (unpaired) electrons. The number of hydrogen-bond donors (Lipinski definition) is 1. The standard InChI is InChI=1S/C28H31N3O6S/c1-4-36-23-14-20(10-11-22(23)37-17-25(32)29-21-9-7-8-18(2)19(21)3)15-24-27(34)31(28(35)38-24)16-26(33)30-12-5-6-13-30/h7-11,14-15H,4-6,12-13,16-17H2,1-3H3,(H,29,32)/b24-15-. The number of likely N-dealkylation sites (tertiary alicyclic amines) is 1. The molecule has 9 nitrogen and oxygen atoms in total. The van der Waals surface area contributed by atoms with Crippen LogP contribution in [0.3, 0.4) is 0 Å². The first kappa shape index (κ1) is 27.3. The fourth-order valence-corrected chi connectivity index (χ4v) is 5.05. The minimum absolute atomic E-state index is 0.212. The topological polar surface area (TPSA) is 105 Å². The van der Waals surface area contributed by atoms with Crippen LogP contribution < -0.4 is 14.8 Å². The lowest BCUT2D eigenvalue weighted by atomic mass is 10.1. The smallest absolute Gasteiger partial charge is 0.294 e. The van der Waals surface area contributed by atoms with Crippen LogP contribution in [0.1, 0.15) is 36.5 Å². The number of carbonyl (C=O) groups is 4. The maximum Gasteiger partial charge on any atom is 0.294 e. The van der Waals surface area contributed by atoms with Crippen LogP contribution in [-0.4, -0.2) is 65.6 Å². The molecule has 4 amide bonds. The van der Waals surface area contributed by atoms with E-state index >= 15 is 0 Å². The predicted octanol–water partition coefficient (Wildman–Crippen LogP) is 4.38. The van der Waals surface area contributed by atoms with Crippen LogP contribution >= 0.6 is 11.8 Å². The van der Waals surface area contributed by atoms with Crippen LogP contribution in [0.2, 0.25) is 0 Å². The molecule has 0 atom stereocenters. The van der Waals surface area contributed by atoms with Crippen LogP contribution in [0.5, 0.6) is 11.5 Å². The van der Waals surface area contributed by atoms with E-state index in [0.717, 1.165) is 46.3 Å². The molecule has 0 spiro atoms. The van der Waals surface area contributed by atoms with E-state index in [1.54, 1.807) is 29.2 Å². The summed E-state index contributed by atoms with van der Waals surface area (Å²) in [6.07, 6.45) is 3.46. The third-order valence-corrected chi connectivity index (χ3v) is 7.34. The third kappa shape index (κ3) is 6.36. The molecule has 2 aliphatic rings. The molecule has 38 heavy (non-hydrogen) atoms. The second-order valence-corrected chi connectivity index (χ2v) is 10.1. The second kappa shape index (κ2) is 12.2. The van der Waals surface area contributed by atoms with Crippen molar-refractivity contribution in [3.8, 4) is 11.5 Å². The Kier molecular flexibility index (Phi) is 8.73. The quantitative estimate of drug-likeness (QED) is 0.474. The molecule has 10 heteroatoms. The summed E-state index contributed by atoms with van der Waals surface area (Å²) in [7, 11) is 0. The highest BCUT2D eigenvalue weighted by Crippen LogP contribution is 2.35. The summed E-state index contributed by atoms with van der Waals surface area (Å²) < 4.78 is 11.4. The van der Waals surface area contributed by atoms with Gasteiger partial charge in [-0.05, 0) is 86.3 Å². The molecule has 0 aromatic heterocycles. The zero-order chi connectivity index (χ0) is 27.2. The number of benzene rings is 2. The van der Waals surface area contributed by atoms with Gasteiger partial charge in [-0.25, -0.2) is 0 Å². The monoisotopic (exact) mass is 537 g/mol. The lowest BCUT2D eigenvalue weighted by molar-refractivity contribution is -0.135. The fourth-order valence-electron chi connectivity index (χ4n) is 4.21. The van der Waals surface area contributed by atoms with Gasteiger partial charge in [-0.1, -0.05) is 18.2 Å². The van der Waals surface area contributed by atoms with Gasteiger partial charge in [0.15, 0.2) is 18.1 Å². The number of imide groups is 1. The number of carbonyl (C=O) groups excluding carboxylic acids is 4. The van der Waals surface area contributed by atoms with Crippen LogP contribution in [0, 0.1) is 13.8 Å². The van der Waals surface area contributed by atoms with Crippen molar-refractivity contribution in [2.24, 2.45) is 0 Å². The number of nitrogens with zero attached hydrogens (tertiary/aromatic N) is 2. The summed E-state index contributed by atoms with van der Waals surface area (Å²) in [5.74, 6) is -0.224. The Morgan fingerprint density at radius 1 is 1.05 bits per heavy atom. The highest BCUT2D eigenvalue weighted by molar-refractivity contribution is 8.18. The summed E-state index contributed by atoms with van der Waals surface area (Å²) in [6.45, 7) is 6.97. The summed E-state index contributed by atoms with van der Waals surface area (Å²) in [5, 5.41) is 2.39. The molecule has 4 rings (SSSR count). The van der Waals surface area contributed by atoms with Gasteiger partial charge in [-0.3, -0.25) is 24.1 Å². The molecular weight excluding hydrogens is 506 g/mol. The first-order valence-corrected chi connectivity index (χ1v) is 13.4. The van der Waals surface area contributed by atoms with Gasteiger partial charge in [0.2, 0.25) is 5.91 Å². The second-order valence-electron chi connectivity index (χ2n) is 9.08. The van der Waals surface area contributed by atoms with Crippen molar-refractivity contribution in [2.75, 3.05) is 38.2 Å². The summed E-state index contributed by atoms with van der Waals surface area (Å²) in [6, 6.07) is 10.7. The van der Waals surface area contributed by atoms with Gasteiger partial charge in [0.1, 0.15) is 6.54 Å². The SMILES string of the molecule is CCOc1cc(/C=C2\SC(=O)N(CC(=O)N3CCCC3)C2=O)ccc1OCC(=O)Nc1cccc(C)c1C. The zero-order valence-electron chi connectivity index (χ0n) is 21.7. The Bertz CT molecular complexity index is 1290. The molecule has 200 valence electrons. The molecule has 2 heterocycles. The molecule has 2 aromatic carbocycles. The number of anilines is 1. The molecule has 2 fully saturated rings. The molecule has 2 aromatic rings. The van der Waals surface area contributed by atoms with Gasteiger partial charge >= 0.3 is 0 Å². The van der Waals surface area contributed by atoms with Crippen molar-refractivity contribution in [1.29, 1.82) is 0 Å². The number of nitrogens with one attached hydrogen (secondary N) is 1. The molecule has 2 saturated heterocycles. The van der Waals surface area contributed by atoms with E-state index in [-0.39, 0.29) is 29.9 Å². The van der Waals surface area contributed by atoms with Crippen LogP contribution in [0.25, 0.3) is 6.08 Å². The molecule has 0 saturated carbocycles. The third-order valence-electron chi connectivity index (χ3n) is 6.43. The molecule has 0 unspecified atom stereocenters. The van der Waals surface area contributed by atoms with E-state index < -0.39 is 11.1 Å². The van der Waals surface area contributed by atoms with Crippen LogP contribution in [0.15, 0.2) is 41.3 Å². The Morgan fingerprint density at radius 3 is 2.55 bits per heavy atom. The molecule has 0 bridgehead atoms. The lowest BCUT2D eigenvalue weighted by Crippen LogP contribution is -2.40. The van der Waals surface area contributed by atoms with Crippen LogP contribution in [0.4, 0.5) is 10.5 Å². The van der Waals surface area contributed by atoms with E-state index in [9.17, 15) is 19.2 Å². The number of thioether (sulfide) groups is 1. The molecule has 2 aliphatic heterocycles. The predicted molar refractivity (Wildman–Crippen MR) is 146 cm³/mol. The van der Waals surface area contributed by atoms with Gasteiger partial charge in [0.25, 0.3) is 17.1 Å². The average molecular weight is 538 g/mol. The highest BCUT2D eigenvalue weighted by Gasteiger charge is 2.37. The maximum atomic E-state index is 12.9. The lowest BCUT2D eigenvalue weighted by Gasteiger charge is -2.18. The Balaban J connectivity index is 1.42. The van der Waals surface area contributed by atoms with E-state index in [2.05, 4.69) is 5.32 Å².